The summed E-state index contributed by atoms with van der Waals surface area (Å²) < 4.78 is 10.4. The van der Waals surface area contributed by atoms with E-state index in [4.69, 9.17) is 26.8 Å². The van der Waals surface area contributed by atoms with Crippen molar-refractivity contribution in [1.82, 2.24) is 4.90 Å². The van der Waals surface area contributed by atoms with Gasteiger partial charge in [-0.05, 0) is 17.7 Å². The topological polar surface area (TPSA) is 81.9 Å². The third kappa shape index (κ3) is 2.91. The van der Waals surface area contributed by atoms with Gasteiger partial charge in [0, 0.05) is 5.75 Å². The first-order valence-corrected chi connectivity index (χ1v) is 8.34. The highest BCUT2D eigenvalue weighted by atomic mass is 35.5. The number of fused-ring (bicyclic) bond motifs is 1. The van der Waals surface area contributed by atoms with Crippen molar-refractivity contribution >= 4 is 35.2 Å². The number of carbonyl (C=O) groups excluding carboxylic acids is 2. The van der Waals surface area contributed by atoms with Crippen LogP contribution in [0.2, 0.25) is 0 Å². The number of carbonyl (C=O) groups is 2. The lowest BCUT2D eigenvalue weighted by molar-refractivity contribution is -0.151. The van der Waals surface area contributed by atoms with E-state index in [1.807, 2.05) is 0 Å². The largest absolute Gasteiger partial charge is 0.497 e. The number of β-lactam (4-membered cyclic amide) rings is 1. The number of hydrogen-bond donors (Lipinski definition) is 1. The molecule has 8 heteroatoms. The molecule has 0 radical (unpaired) electrons. The second-order valence-corrected chi connectivity index (χ2v) is 6.67. The lowest BCUT2D eigenvalue weighted by Crippen LogP contribution is -2.68. The van der Waals surface area contributed by atoms with Crippen molar-refractivity contribution in [2.45, 2.75) is 18.0 Å². The maximum atomic E-state index is 12.3. The molecule has 0 spiro atoms. The Hall–Kier alpha value is -1.70. The lowest BCUT2D eigenvalue weighted by atomic mass is 10.1. The highest BCUT2D eigenvalue weighted by molar-refractivity contribution is 8.00. The van der Waals surface area contributed by atoms with Gasteiger partial charge in [-0.15, -0.1) is 11.8 Å². The molecule has 122 valence electrons. The first kappa shape index (κ1) is 16.2. The number of halogens is 1. The van der Waals surface area contributed by atoms with Crippen LogP contribution in [0.5, 0.6) is 5.75 Å². The number of thioether (sulfide) groups is 1. The summed E-state index contributed by atoms with van der Waals surface area (Å²) in [5, 5.41) is 0.0692. The van der Waals surface area contributed by atoms with Gasteiger partial charge in [0.1, 0.15) is 29.5 Å². The Balaban J connectivity index is 1.68. The average Bonchev–Trinajstić information content (AvgIpc) is 2.59. The molecule has 6 nitrogen and oxygen atoms in total. The summed E-state index contributed by atoms with van der Waals surface area (Å²) in [6.45, 7) is 0.0857. The Labute approximate surface area is 142 Å². The molecular formula is C15H15ClN2O4S. The van der Waals surface area contributed by atoms with Crippen LogP contribution in [0.15, 0.2) is 35.0 Å². The van der Waals surface area contributed by atoms with Gasteiger partial charge >= 0.3 is 5.97 Å². The van der Waals surface area contributed by atoms with Crippen molar-refractivity contribution in [2.75, 3.05) is 12.9 Å². The molecule has 2 atom stereocenters. The number of ether oxygens (including phenoxy) is 2. The summed E-state index contributed by atoms with van der Waals surface area (Å²) in [6.07, 6.45) is 0. The van der Waals surface area contributed by atoms with Crippen LogP contribution in [0, 0.1) is 0 Å². The van der Waals surface area contributed by atoms with Crippen LogP contribution >= 0.6 is 23.4 Å². The Bertz CT molecular complexity index is 677. The van der Waals surface area contributed by atoms with E-state index >= 15 is 0 Å². The molecule has 0 aromatic heterocycles. The summed E-state index contributed by atoms with van der Waals surface area (Å²) in [5.74, 6) is 0.239. The van der Waals surface area contributed by atoms with E-state index in [2.05, 4.69) is 0 Å². The van der Waals surface area contributed by atoms with Crippen molar-refractivity contribution in [2.24, 2.45) is 5.73 Å². The number of rotatable bonds is 4. The van der Waals surface area contributed by atoms with Crippen molar-refractivity contribution < 1.29 is 19.1 Å². The fraction of sp³-hybridized carbons (Fsp3) is 0.333. The molecule has 2 heterocycles. The predicted molar refractivity (Wildman–Crippen MR) is 86.7 cm³/mol. The van der Waals surface area contributed by atoms with Gasteiger partial charge in [0.2, 0.25) is 5.91 Å². The van der Waals surface area contributed by atoms with E-state index in [1.165, 1.54) is 16.7 Å². The zero-order chi connectivity index (χ0) is 16.6. The highest BCUT2D eigenvalue weighted by Crippen LogP contribution is 2.40. The van der Waals surface area contributed by atoms with Gasteiger partial charge in [-0.2, -0.15) is 0 Å². The van der Waals surface area contributed by atoms with Crippen LogP contribution in [-0.2, 0) is 20.9 Å². The Morgan fingerprint density at radius 3 is 2.78 bits per heavy atom. The summed E-state index contributed by atoms with van der Waals surface area (Å²) in [7, 11) is 1.58. The standard InChI is InChI=1S/C15H15ClN2O4S/c1-21-9-4-2-8(3-5-9)6-22-15(20)12-10(16)7-23-14-11(17)13(19)18(12)14/h2-5,11,14H,6-7,17H2,1H3/t11?,14-/m1/s1. The van der Waals surface area contributed by atoms with E-state index in [9.17, 15) is 9.59 Å². The third-order valence-corrected chi connectivity index (χ3v) is 5.46. The maximum Gasteiger partial charge on any atom is 0.356 e. The Kier molecular flexibility index (Phi) is 4.52. The van der Waals surface area contributed by atoms with E-state index in [-0.39, 0.29) is 23.6 Å². The van der Waals surface area contributed by atoms with Crippen LogP contribution in [0.3, 0.4) is 0 Å². The number of methoxy groups -OCH3 is 1. The number of esters is 1. The molecular weight excluding hydrogens is 340 g/mol. The molecule has 1 aromatic rings. The van der Waals surface area contributed by atoms with Gasteiger partial charge in [0.25, 0.3) is 0 Å². The minimum absolute atomic E-state index is 0.0857. The van der Waals surface area contributed by atoms with E-state index in [0.29, 0.717) is 10.8 Å². The van der Waals surface area contributed by atoms with Gasteiger partial charge in [-0.25, -0.2) is 4.79 Å². The molecule has 1 fully saturated rings. The average molecular weight is 355 g/mol. The first-order chi connectivity index (χ1) is 11.0. The number of benzene rings is 1. The quantitative estimate of drug-likeness (QED) is 0.650. The first-order valence-electron chi connectivity index (χ1n) is 6.92. The van der Waals surface area contributed by atoms with E-state index < -0.39 is 12.0 Å². The van der Waals surface area contributed by atoms with Crippen molar-refractivity contribution in [3.05, 3.63) is 40.6 Å². The van der Waals surface area contributed by atoms with Crippen LogP contribution < -0.4 is 10.5 Å². The molecule has 2 aliphatic heterocycles. The molecule has 1 amide bonds. The molecule has 2 N–H and O–H groups in total. The second kappa shape index (κ2) is 6.43. The molecule has 1 aromatic carbocycles. The molecule has 3 rings (SSSR count). The summed E-state index contributed by atoms with van der Waals surface area (Å²) in [6, 6.07) is 6.56. The number of hydrogen-bond acceptors (Lipinski definition) is 6. The molecule has 1 saturated heterocycles. The lowest BCUT2D eigenvalue weighted by Gasteiger charge is -2.47. The third-order valence-electron chi connectivity index (χ3n) is 3.69. The van der Waals surface area contributed by atoms with Gasteiger partial charge in [-0.1, -0.05) is 23.7 Å². The summed E-state index contributed by atoms with van der Waals surface area (Å²) >= 11 is 7.55. The van der Waals surface area contributed by atoms with Crippen molar-refractivity contribution in [3.8, 4) is 5.75 Å². The predicted octanol–water partition coefficient (Wildman–Crippen LogP) is 1.43. The van der Waals surface area contributed by atoms with Crippen molar-refractivity contribution in [3.63, 3.8) is 0 Å². The van der Waals surface area contributed by atoms with Crippen molar-refractivity contribution in [1.29, 1.82) is 0 Å². The monoisotopic (exact) mass is 354 g/mol. The van der Waals surface area contributed by atoms with Gasteiger partial charge in [0.05, 0.1) is 12.1 Å². The molecule has 0 bridgehead atoms. The van der Waals surface area contributed by atoms with E-state index in [0.717, 1.165) is 11.3 Å². The highest BCUT2D eigenvalue weighted by Gasteiger charge is 2.52. The van der Waals surface area contributed by atoms with Crippen LogP contribution in [0.4, 0.5) is 0 Å². The molecule has 23 heavy (non-hydrogen) atoms. The minimum Gasteiger partial charge on any atom is -0.497 e. The Morgan fingerprint density at radius 2 is 2.13 bits per heavy atom. The summed E-state index contributed by atoms with van der Waals surface area (Å²) in [5.41, 5.74) is 6.65. The molecule has 2 aliphatic rings. The fourth-order valence-electron chi connectivity index (χ4n) is 2.41. The van der Waals surface area contributed by atoms with Gasteiger partial charge in [-0.3, -0.25) is 9.69 Å². The van der Waals surface area contributed by atoms with Gasteiger partial charge in [0.15, 0.2) is 0 Å². The van der Waals surface area contributed by atoms with Crippen LogP contribution in [0.25, 0.3) is 0 Å². The number of nitrogens with zero attached hydrogens (tertiary/aromatic N) is 1. The number of amides is 1. The maximum absolute atomic E-state index is 12.3. The molecule has 0 saturated carbocycles. The normalized spacial score (nSPS) is 23.3. The molecule has 0 aliphatic carbocycles. The fourth-order valence-corrected chi connectivity index (χ4v) is 3.90. The SMILES string of the molecule is COc1ccc(COC(=O)C2=C(Cl)CS[C@@H]3C(N)C(=O)N23)cc1. The minimum atomic E-state index is -0.614. The zero-order valence-electron chi connectivity index (χ0n) is 12.3. The van der Waals surface area contributed by atoms with Gasteiger partial charge < -0.3 is 15.2 Å². The van der Waals surface area contributed by atoms with Crippen LogP contribution in [0.1, 0.15) is 5.56 Å². The second-order valence-electron chi connectivity index (χ2n) is 5.11. The number of nitrogens with two attached hydrogens (primary N) is 1. The Morgan fingerprint density at radius 1 is 1.43 bits per heavy atom. The zero-order valence-corrected chi connectivity index (χ0v) is 13.9. The van der Waals surface area contributed by atoms with E-state index in [1.54, 1.807) is 31.4 Å². The molecule has 1 unspecified atom stereocenters. The summed E-state index contributed by atoms with van der Waals surface area (Å²) in [4.78, 5) is 25.5. The smallest absolute Gasteiger partial charge is 0.356 e. The van der Waals surface area contributed by atoms with Crippen LogP contribution in [-0.4, -0.2) is 41.1 Å².